The van der Waals surface area contributed by atoms with Gasteiger partial charge in [-0.15, -0.1) is 23.7 Å². The third-order valence-corrected chi connectivity index (χ3v) is 5.59. The van der Waals surface area contributed by atoms with Crippen LogP contribution in [0.5, 0.6) is 0 Å². The number of benzene rings is 1. The van der Waals surface area contributed by atoms with Crippen LogP contribution >= 0.6 is 35.3 Å². The Bertz CT molecular complexity index is 767. The van der Waals surface area contributed by atoms with Gasteiger partial charge in [0.05, 0.1) is 21.5 Å². The lowest BCUT2D eigenvalue weighted by Crippen LogP contribution is -2.45. The van der Waals surface area contributed by atoms with Crippen LogP contribution in [-0.4, -0.2) is 31.1 Å². The fourth-order valence-electron chi connectivity index (χ4n) is 3.11. The zero-order valence-corrected chi connectivity index (χ0v) is 16.6. The normalized spacial score (nSPS) is 17.2. The molecule has 1 aromatic heterocycles. The van der Waals surface area contributed by atoms with E-state index in [0.717, 1.165) is 23.5 Å². The molecule has 1 saturated heterocycles. The van der Waals surface area contributed by atoms with Gasteiger partial charge >= 0.3 is 12.4 Å². The summed E-state index contributed by atoms with van der Waals surface area (Å²) < 4.78 is 79.9. The van der Waals surface area contributed by atoms with E-state index in [1.807, 2.05) is 4.90 Å². The van der Waals surface area contributed by atoms with Crippen LogP contribution < -0.4 is 5.32 Å². The van der Waals surface area contributed by atoms with Gasteiger partial charge in [-0.3, -0.25) is 4.90 Å². The van der Waals surface area contributed by atoms with Crippen LogP contribution in [-0.2, 0) is 12.4 Å². The van der Waals surface area contributed by atoms with Crippen LogP contribution in [0.15, 0.2) is 30.3 Å². The highest BCUT2D eigenvalue weighted by atomic mass is 35.5. The Balaban J connectivity index is 0.00000280. The summed E-state index contributed by atoms with van der Waals surface area (Å²) in [7, 11) is 0. The third-order valence-electron chi connectivity index (χ3n) is 4.31. The van der Waals surface area contributed by atoms with Gasteiger partial charge in [0, 0.05) is 31.1 Å². The highest BCUT2D eigenvalue weighted by molar-refractivity contribution is 7.16. The Kier molecular flexibility index (Phi) is 7.31. The van der Waals surface area contributed by atoms with Crippen molar-refractivity contribution in [2.45, 2.75) is 18.4 Å². The zero-order valence-electron chi connectivity index (χ0n) is 14.2. The Morgan fingerprint density at radius 2 is 1.46 bits per heavy atom. The van der Waals surface area contributed by atoms with Crippen molar-refractivity contribution in [2.24, 2.45) is 0 Å². The first-order chi connectivity index (χ1) is 12.6. The van der Waals surface area contributed by atoms with Gasteiger partial charge in [0.15, 0.2) is 0 Å². The summed E-state index contributed by atoms with van der Waals surface area (Å²) in [6.45, 7) is 2.19. The lowest BCUT2D eigenvalue weighted by Gasteiger charge is -2.35. The Morgan fingerprint density at radius 3 is 1.89 bits per heavy atom. The van der Waals surface area contributed by atoms with Crippen molar-refractivity contribution in [1.29, 1.82) is 0 Å². The highest BCUT2D eigenvalue weighted by Gasteiger charge is 2.38. The molecule has 2 nitrogen and oxygen atoms in total. The summed E-state index contributed by atoms with van der Waals surface area (Å²) in [5, 5.41) is 3.12. The van der Waals surface area contributed by atoms with Gasteiger partial charge in [-0.1, -0.05) is 11.6 Å². The lowest BCUT2D eigenvalue weighted by atomic mass is 9.97. The van der Waals surface area contributed by atoms with E-state index in [2.05, 4.69) is 5.32 Å². The molecule has 1 aliphatic heterocycles. The smallest absolute Gasteiger partial charge is 0.314 e. The molecule has 2 aromatic rings. The summed E-state index contributed by atoms with van der Waals surface area (Å²) in [6, 6.07) is 4.26. The van der Waals surface area contributed by atoms with Crippen molar-refractivity contribution in [3.8, 4) is 0 Å². The molecule has 0 amide bonds. The van der Waals surface area contributed by atoms with Gasteiger partial charge in [-0.25, -0.2) is 0 Å². The summed E-state index contributed by atoms with van der Waals surface area (Å²) in [5.41, 5.74) is -2.66. The fraction of sp³-hybridized carbons (Fsp3) is 0.412. The number of nitrogens with one attached hydrogen (secondary N) is 1. The second-order valence-electron chi connectivity index (χ2n) is 6.17. The average molecular weight is 465 g/mol. The van der Waals surface area contributed by atoms with Gasteiger partial charge in [0.25, 0.3) is 0 Å². The molecule has 2 heterocycles. The van der Waals surface area contributed by atoms with E-state index in [1.54, 1.807) is 12.1 Å². The molecule has 1 fully saturated rings. The average Bonchev–Trinajstić information content (AvgIpc) is 3.00. The predicted octanol–water partition coefficient (Wildman–Crippen LogP) is 5.86. The van der Waals surface area contributed by atoms with Crippen LogP contribution in [0, 0.1) is 0 Å². The van der Waals surface area contributed by atoms with Crippen molar-refractivity contribution in [3.63, 3.8) is 0 Å². The first-order valence-corrected chi connectivity index (χ1v) is 9.24. The molecule has 0 spiro atoms. The number of hydrogen-bond acceptors (Lipinski definition) is 3. The fourth-order valence-corrected chi connectivity index (χ4v) is 4.33. The van der Waals surface area contributed by atoms with Gasteiger partial charge in [-0.2, -0.15) is 26.3 Å². The number of rotatable bonds is 3. The molecule has 0 bridgehead atoms. The molecule has 0 radical (unpaired) electrons. The Labute approximate surface area is 172 Å². The first-order valence-electron chi connectivity index (χ1n) is 8.05. The number of halogens is 8. The SMILES string of the molecule is Cl.FC(F)(F)c1cc([C@H](c2ccc(Cl)s2)N2CCNCC2)cc(C(F)(F)F)c1. The van der Waals surface area contributed by atoms with Gasteiger partial charge in [0.2, 0.25) is 0 Å². The van der Waals surface area contributed by atoms with Crippen LogP contribution in [0.1, 0.15) is 27.6 Å². The van der Waals surface area contributed by atoms with Crippen LogP contribution in [0.25, 0.3) is 0 Å². The van der Waals surface area contributed by atoms with Gasteiger partial charge in [-0.05, 0) is 35.9 Å². The van der Waals surface area contributed by atoms with Crippen molar-refractivity contribution in [1.82, 2.24) is 10.2 Å². The van der Waals surface area contributed by atoms with E-state index in [0.29, 0.717) is 35.4 Å². The minimum Gasteiger partial charge on any atom is -0.314 e. The van der Waals surface area contributed by atoms with E-state index in [-0.39, 0.29) is 24.0 Å². The molecule has 3 rings (SSSR count). The molecule has 1 N–H and O–H groups in total. The molecule has 11 heteroatoms. The number of nitrogens with zero attached hydrogens (tertiary/aromatic N) is 1. The van der Waals surface area contributed by atoms with E-state index in [4.69, 9.17) is 11.6 Å². The molecular formula is C17H16Cl2F6N2S. The standard InChI is InChI=1S/C17H15ClF6N2S.ClH/c18-14-2-1-13(27-14)15(26-5-3-25-4-6-26)10-7-11(16(19,20)21)9-12(8-10)17(22,23)24;/h1-2,7-9,15,25H,3-6H2;1H/t15-;/m1./s1. The number of alkyl halides is 6. The van der Waals surface area contributed by atoms with E-state index in [9.17, 15) is 26.3 Å². The second kappa shape index (κ2) is 8.79. The van der Waals surface area contributed by atoms with Crippen molar-refractivity contribution in [2.75, 3.05) is 26.2 Å². The third kappa shape index (κ3) is 5.33. The second-order valence-corrected chi connectivity index (χ2v) is 7.92. The maximum atomic E-state index is 13.2. The number of thiophene rings is 1. The maximum absolute atomic E-state index is 13.2. The highest BCUT2D eigenvalue weighted by Crippen LogP contribution is 2.41. The lowest BCUT2D eigenvalue weighted by molar-refractivity contribution is -0.143. The molecular weight excluding hydrogens is 449 g/mol. The molecule has 28 heavy (non-hydrogen) atoms. The van der Waals surface area contributed by atoms with Gasteiger partial charge in [0.1, 0.15) is 0 Å². The van der Waals surface area contributed by atoms with E-state index in [1.165, 1.54) is 0 Å². The van der Waals surface area contributed by atoms with Crippen LogP contribution in [0.2, 0.25) is 4.34 Å². The molecule has 0 unspecified atom stereocenters. The van der Waals surface area contributed by atoms with Gasteiger partial charge < -0.3 is 5.32 Å². The summed E-state index contributed by atoms with van der Waals surface area (Å²) in [5.74, 6) is 0. The molecule has 0 saturated carbocycles. The zero-order chi connectivity index (χ0) is 19.8. The van der Waals surface area contributed by atoms with Crippen molar-refractivity contribution in [3.05, 3.63) is 56.2 Å². The molecule has 1 atom stereocenters. The molecule has 156 valence electrons. The molecule has 1 aliphatic rings. The maximum Gasteiger partial charge on any atom is 0.416 e. The summed E-state index contributed by atoms with van der Waals surface area (Å²) in [4.78, 5) is 2.48. The van der Waals surface area contributed by atoms with Crippen molar-refractivity contribution >= 4 is 35.3 Å². The first kappa shape index (κ1) is 23.3. The molecule has 0 aliphatic carbocycles. The summed E-state index contributed by atoms with van der Waals surface area (Å²) >= 11 is 7.12. The Hall–Kier alpha value is -1.00. The monoisotopic (exact) mass is 464 g/mol. The van der Waals surface area contributed by atoms with Crippen LogP contribution in [0.4, 0.5) is 26.3 Å². The topological polar surface area (TPSA) is 15.3 Å². The minimum absolute atomic E-state index is 0. The number of piperazine rings is 1. The number of hydrogen-bond donors (Lipinski definition) is 1. The summed E-state index contributed by atoms with van der Waals surface area (Å²) in [6.07, 6.45) is -9.76. The molecule has 1 aromatic carbocycles. The quantitative estimate of drug-likeness (QED) is 0.572. The Morgan fingerprint density at radius 1 is 0.929 bits per heavy atom. The minimum atomic E-state index is -4.88. The largest absolute Gasteiger partial charge is 0.416 e. The van der Waals surface area contributed by atoms with Crippen molar-refractivity contribution < 1.29 is 26.3 Å². The van der Waals surface area contributed by atoms with Crippen LogP contribution in [0.3, 0.4) is 0 Å². The van der Waals surface area contributed by atoms with E-state index < -0.39 is 29.5 Å². The van der Waals surface area contributed by atoms with E-state index >= 15 is 0 Å². The predicted molar refractivity (Wildman–Crippen MR) is 99.3 cm³/mol.